The SMILES string of the molecule is C1CCSC1.C1CCSC1.CC(C)=O.CC1(C)OC1c1cccc(C2OC2(C)C)c1.ClCc1cccc(CCl)c1.[Cl-].[Cl-].[Cl-].[Cl-].c1cc(C[S+]2CCCC2)cc(C[S+]2CCCC2)c1.c1cc(C[S+]2CCCC2)cc(C[S+]2CCCC2)c1. The van der Waals surface area contributed by atoms with Crippen LogP contribution < -0.4 is 49.6 Å². The van der Waals surface area contributed by atoms with Gasteiger partial charge in [0.25, 0.3) is 0 Å². The summed E-state index contributed by atoms with van der Waals surface area (Å²) in [6.45, 7) is 11.6. The molecule has 3 nitrogen and oxygen atoms in total. The minimum atomic E-state index is 0. The number of epoxide rings is 2. The van der Waals surface area contributed by atoms with Gasteiger partial charge in [0.2, 0.25) is 0 Å². The second-order valence-corrected chi connectivity index (χ2v) is 34.9. The molecule has 2 unspecified atom stereocenters. The molecule has 0 aliphatic carbocycles. The van der Waals surface area contributed by atoms with Gasteiger partial charge in [-0.2, -0.15) is 23.5 Å². The zero-order chi connectivity index (χ0) is 54.0. The van der Waals surface area contributed by atoms with Crippen molar-refractivity contribution in [2.45, 2.75) is 177 Å². The smallest absolute Gasteiger partial charge is 0.133 e. The van der Waals surface area contributed by atoms with E-state index >= 15 is 0 Å². The van der Waals surface area contributed by atoms with Crippen molar-refractivity contribution in [3.63, 3.8) is 0 Å². The van der Waals surface area contributed by atoms with Crippen molar-refractivity contribution in [3.05, 3.63) is 142 Å². The van der Waals surface area contributed by atoms with Crippen molar-refractivity contribution in [2.75, 3.05) is 69.0 Å². The molecule has 4 aromatic rings. The lowest BCUT2D eigenvalue weighted by molar-refractivity contribution is -0.115. The quantitative estimate of drug-likeness (QED) is 0.111. The summed E-state index contributed by atoms with van der Waals surface area (Å²) < 4.78 is 11.3. The van der Waals surface area contributed by atoms with Crippen molar-refractivity contribution in [2.24, 2.45) is 0 Å². The average Bonchev–Trinajstić information content (AvgIpc) is 4.19. The molecular formula is C65H96Cl6O3S6. The highest BCUT2D eigenvalue weighted by Crippen LogP contribution is 2.52. The zero-order valence-corrected chi connectivity index (χ0v) is 58.5. The minimum Gasteiger partial charge on any atom is -1.00 e. The van der Waals surface area contributed by atoms with Gasteiger partial charge in [-0.25, -0.2) is 0 Å². The molecule has 4 aromatic carbocycles. The van der Waals surface area contributed by atoms with E-state index in [1.807, 2.05) is 24.3 Å². The van der Waals surface area contributed by atoms with Crippen LogP contribution in [-0.2, 0) is 92.6 Å². The molecule has 0 spiro atoms. The molecule has 8 fully saturated rings. The van der Waals surface area contributed by atoms with Crippen LogP contribution in [0.3, 0.4) is 0 Å². The van der Waals surface area contributed by atoms with Gasteiger partial charge in [-0.1, -0.05) is 84.9 Å². The highest BCUT2D eigenvalue weighted by molar-refractivity contribution is 7.99. The maximum absolute atomic E-state index is 9.44. The van der Waals surface area contributed by atoms with E-state index in [-0.39, 0.29) is 78.8 Å². The predicted molar refractivity (Wildman–Crippen MR) is 350 cm³/mol. The van der Waals surface area contributed by atoms with E-state index in [0.717, 1.165) is 11.1 Å². The summed E-state index contributed by atoms with van der Waals surface area (Å²) in [7, 11) is 2.85. The van der Waals surface area contributed by atoms with E-state index in [1.165, 1.54) is 194 Å². The number of carbonyl (C=O) groups excluding carboxylic acids is 1. The fourth-order valence-corrected chi connectivity index (χ4v) is 22.0. The number of ketones is 1. The summed E-state index contributed by atoms with van der Waals surface area (Å²) >= 11 is 15.4. The lowest BCUT2D eigenvalue weighted by Crippen LogP contribution is -3.00. The van der Waals surface area contributed by atoms with Gasteiger partial charge in [0, 0.05) is 34.0 Å². The monoisotopic (exact) mass is 1330 g/mol. The molecule has 12 rings (SSSR count). The summed E-state index contributed by atoms with van der Waals surface area (Å²) in [5.74, 6) is 24.4. The zero-order valence-electron chi connectivity index (χ0n) is 49.0. The first-order chi connectivity index (χ1) is 36.8. The van der Waals surface area contributed by atoms with Crippen LogP contribution in [0.2, 0.25) is 0 Å². The molecule has 0 amide bonds. The molecule has 0 N–H and O–H groups in total. The molecular weight excluding hydrogens is 1230 g/mol. The Bertz CT molecular complexity index is 2030. The van der Waals surface area contributed by atoms with Crippen LogP contribution in [0.15, 0.2) is 97.1 Å². The highest BCUT2D eigenvalue weighted by Gasteiger charge is 2.51. The van der Waals surface area contributed by atoms with Crippen LogP contribution in [0.1, 0.15) is 175 Å². The van der Waals surface area contributed by atoms with Crippen LogP contribution in [0, 0.1) is 0 Å². The summed E-state index contributed by atoms with van der Waals surface area (Å²) in [6.07, 6.45) is 18.2. The van der Waals surface area contributed by atoms with Gasteiger partial charge >= 0.3 is 0 Å². The Kier molecular flexibility index (Phi) is 40.3. The average molecular weight is 1330 g/mol. The van der Waals surface area contributed by atoms with Gasteiger partial charge in [0.1, 0.15) is 87.0 Å². The number of ether oxygens (including phenoxy) is 2. The molecule has 80 heavy (non-hydrogen) atoms. The molecule has 0 radical (unpaired) electrons. The maximum atomic E-state index is 9.44. The first kappa shape index (κ1) is 76.4. The largest absolute Gasteiger partial charge is 1.00 e. The van der Waals surface area contributed by atoms with Crippen LogP contribution in [0.4, 0.5) is 0 Å². The number of thioether (sulfide) groups is 2. The molecule has 8 aliphatic heterocycles. The normalized spacial score (nSPS) is 21.1. The van der Waals surface area contributed by atoms with Crippen molar-refractivity contribution in [1.82, 2.24) is 0 Å². The molecule has 452 valence electrons. The summed E-state index contributed by atoms with van der Waals surface area (Å²) in [4.78, 5) is 9.44. The standard InChI is InChI=1S/2C16H24S2.C14H18O2.C8H8Cl2.2C4H8S.C3H6O.4ClH/c2*1-2-9-17(8-1)13-15-6-5-7-16(12-15)14-18-10-3-4-11-18;1-13(2)11(15-13)9-6-5-7-10(8-9)12-14(3,4)16-12;9-5-7-2-1-3-8(4-7)6-10;2*1-2-4-5-3-1;1-3(2)4;;;;/h2*5-7,12H,1-4,8-11,13-14H2;5-8,11-12H,1-4H3;1-4H,5-6H2;2*1-4H2;1-2H3;4*1H/q2*+2;;;;;;;;;/p-4. The topological polar surface area (TPSA) is 42.1 Å². The third kappa shape index (κ3) is 30.3. The molecule has 2 atom stereocenters. The Morgan fingerprint density at radius 1 is 0.425 bits per heavy atom. The number of carbonyl (C=O) groups is 1. The van der Waals surface area contributed by atoms with E-state index in [2.05, 4.69) is 124 Å². The van der Waals surface area contributed by atoms with E-state index in [9.17, 15) is 4.79 Å². The number of hydrogen-bond donors (Lipinski definition) is 0. The minimum absolute atomic E-state index is 0. The third-order valence-electron chi connectivity index (χ3n) is 14.4. The van der Waals surface area contributed by atoms with Crippen molar-refractivity contribution in [1.29, 1.82) is 0 Å². The molecule has 0 saturated carbocycles. The Hall–Kier alpha value is 0.310. The second-order valence-electron chi connectivity index (χ2n) is 22.6. The first-order valence-electron chi connectivity index (χ1n) is 28.8. The maximum Gasteiger partial charge on any atom is 0.133 e. The summed E-state index contributed by atoms with van der Waals surface area (Å²) in [5, 5.41) is 0. The Morgan fingerprint density at radius 3 is 0.863 bits per heavy atom. The molecule has 0 aromatic heterocycles. The lowest BCUT2D eigenvalue weighted by Gasteiger charge is -2.05. The number of rotatable bonds is 12. The number of Topliss-reactive ketones (excluding diaryl/α,β-unsaturated/α-hetero) is 1. The molecule has 0 bridgehead atoms. The fourth-order valence-electron chi connectivity index (χ4n) is 10.2. The fraction of sp³-hybridized carbons (Fsp3) is 0.615. The van der Waals surface area contributed by atoms with Crippen molar-refractivity contribution >= 4 is 96.1 Å². The predicted octanol–water partition coefficient (Wildman–Crippen LogP) is 5.21. The van der Waals surface area contributed by atoms with Crippen LogP contribution in [0.5, 0.6) is 0 Å². The molecule has 15 heteroatoms. The van der Waals surface area contributed by atoms with Crippen molar-refractivity contribution < 1.29 is 63.9 Å². The van der Waals surface area contributed by atoms with Crippen LogP contribution in [0.25, 0.3) is 0 Å². The van der Waals surface area contributed by atoms with E-state index < -0.39 is 0 Å². The van der Waals surface area contributed by atoms with E-state index in [4.69, 9.17) is 32.7 Å². The highest BCUT2D eigenvalue weighted by atomic mass is 35.5. The van der Waals surface area contributed by atoms with Gasteiger partial charge in [-0.3, -0.25) is 0 Å². The molecule has 8 aliphatic rings. The number of halogens is 6. The van der Waals surface area contributed by atoms with Gasteiger partial charge in [0.15, 0.2) is 0 Å². The Morgan fingerprint density at radius 2 is 0.650 bits per heavy atom. The number of benzene rings is 4. The first-order valence-corrected chi connectivity index (χ1v) is 39.1. The van der Waals surface area contributed by atoms with Crippen molar-refractivity contribution in [3.8, 4) is 0 Å². The lowest BCUT2D eigenvalue weighted by atomic mass is 9.97. The summed E-state index contributed by atoms with van der Waals surface area (Å²) in [6, 6.07) is 35.6. The Balaban J connectivity index is 0.000000335. The second kappa shape index (κ2) is 42.2. The van der Waals surface area contributed by atoms with E-state index in [1.54, 1.807) is 22.3 Å². The number of hydrogen-bond acceptors (Lipinski definition) is 5. The van der Waals surface area contributed by atoms with Crippen LogP contribution >= 0.6 is 46.7 Å². The number of alkyl halides is 2. The van der Waals surface area contributed by atoms with Gasteiger partial charge < -0.3 is 63.9 Å². The van der Waals surface area contributed by atoms with Crippen LogP contribution in [-0.4, -0.2) is 86.0 Å². The van der Waals surface area contributed by atoms with Gasteiger partial charge in [-0.05, 0) is 220 Å². The van der Waals surface area contributed by atoms with Gasteiger partial charge in [0.05, 0.1) is 11.2 Å². The molecule has 8 heterocycles. The molecule has 8 saturated heterocycles. The van der Waals surface area contributed by atoms with E-state index in [0.29, 0.717) is 55.3 Å². The Labute approximate surface area is 542 Å². The summed E-state index contributed by atoms with van der Waals surface area (Å²) in [5.41, 5.74) is 11.3. The van der Waals surface area contributed by atoms with Gasteiger partial charge in [-0.15, -0.1) is 23.2 Å². The third-order valence-corrected chi connectivity index (χ3v) is 27.2.